The van der Waals surface area contributed by atoms with Crippen LogP contribution in [0.4, 0.5) is 22.2 Å². The number of hydrogen-bond donors (Lipinski definition) is 5. The number of benzene rings is 2. The van der Waals surface area contributed by atoms with Gasteiger partial charge >= 0.3 is 6.03 Å². The van der Waals surface area contributed by atoms with Gasteiger partial charge in [-0.25, -0.2) is 14.8 Å². The minimum absolute atomic E-state index is 0. The summed E-state index contributed by atoms with van der Waals surface area (Å²) in [6, 6.07) is 22.3. The zero-order chi connectivity index (χ0) is 37.9. The van der Waals surface area contributed by atoms with Crippen LogP contribution in [-0.4, -0.2) is 106 Å². The Hall–Kier alpha value is -5.91. The number of aromatic nitrogens is 9. The smallest absolute Gasteiger partial charge is 0.319 e. The number of carbonyl (C=O) groups excluding carboxylic acids is 1. The molecule has 2 fully saturated rings. The molecule has 2 aromatic carbocycles. The summed E-state index contributed by atoms with van der Waals surface area (Å²) in [6.07, 6.45) is 2.49. The number of fused-ring (bicyclic) bond motifs is 1. The Labute approximate surface area is 329 Å². The molecule has 5 N–H and O–H groups in total. The molecule has 1 aliphatic carbocycles. The molecule has 1 unspecified atom stereocenters. The van der Waals surface area contributed by atoms with Crippen molar-refractivity contribution in [2.24, 2.45) is 0 Å². The zero-order valence-electron chi connectivity index (χ0n) is 30.9. The van der Waals surface area contributed by atoms with Gasteiger partial charge in [-0.3, -0.25) is 0 Å². The van der Waals surface area contributed by atoms with E-state index in [0.717, 1.165) is 11.1 Å². The Balaban J connectivity index is 0.00000480. The SMILES string of the molecule is CCc1nnn([C@H]2C[C@@H](n3cnc4c(NCC(c5ccccc5)c5ccccc5)nc(N5CCC(NC(=O)Nc6ccc(OC)nc6)C5)nc43)[C@H](O)[C@@H]2O)n1.Cl. The number of rotatable bonds is 12. The first kappa shape index (κ1) is 38.4. The van der Waals surface area contributed by atoms with E-state index in [-0.39, 0.29) is 30.4 Å². The van der Waals surface area contributed by atoms with Crippen molar-refractivity contribution in [2.45, 2.75) is 62.4 Å². The number of methoxy groups -OCH3 is 1. The Bertz CT molecular complexity index is 2180. The van der Waals surface area contributed by atoms with E-state index in [9.17, 15) is 15.0 Å². The Morgan fingerprint density at radius 1 is 0.964 bits per heavy atom. The maximum atomic E-state index is 12.9. The molecule has 1 saturated carbocycles. The van der Waals surface area contributed by atoms with Gasteiger partial charge in [0.25, 0.3) is 0 Å². The molecule has 0 spiro atoms. The number of hydrogen-bond acceptors (Lipinski definition) is 13. The summed E-state index contributed by atoms with van der Waals surface area (Å²) >= 11 is 0. The number of nitrogens with zero attached hydrogens (tertiary/aromatic N) is 10. The minimum atomic E-state index is -1.14. The van der Waals surface area contributed by atoms with Crippen molar-refractivity contribution in [1.82, 2.24) is 50.0 Å². The third kappa shape index (κ3) is 7.91. The number of urea groups is 1. The first-order chi connectivity index (χ1) is 26.9. The summed E-state index contributed by atoms with van der Waals surface area (Å²) in [4.78, 5) is 35.3. The number of anilines is 3. The number of aryl methyl sites for hydroxylation is 1. The van der Waals surface area contributed by atoms with Gasteiger partial charge in [0.2, 0.25) is 11.8 Å². The molecule has 8 rings (SSSR count). The molecular weight excluding hydrogens is 738 g/mol. The highest BCUT2D eigenvalue weighted by Gasteiger charge is 2.45. The maximum absolute atomic E-state index is 12.9. The van der Waals surface area contributed by atoms with E-state index in [1.54, 1.807) is 18.5 Å². The molecule has 0 bridgehead atoms. The lowest BCUT2D eigenvalue weighted by atomic mass is 9.91. The van der Waals surface area contributed by atoms with Crippen molar-refractivity contribution >= 4 is 47.1 Å². The van der Waals surface area contributed by atoms with E-state index in [1.807, 2.05) is 52.8 Å². The molecular formula is C38H44ClN13O4. The van der Waals surface area contributed by atoms with Gasteiger partial charge in [-0.1, -0.05) is 67.6 Å². The number of carbonyl (C=O) groups is 1. The monoisotopic (exact) mass is 781 g/mol. The molecule has 18 heteroatoms. The van der Waals surface area contributed by atoms with Crippen LogP contribution in [0.15, 0.2) is 85.3 Å². The van der Waals surface area contributed by atoms with Crippen molar-refractivity contribution in [3.63, 3.8) is 0 Å². The van der Waals surface area contributed by atoms with Crippen LogP contribution in [0.2, 0.25) is 0 Å². The molecule has 5 atom stereocenters. The van der Waals surface area contributed by atoms with Crippen molar-refractivity contribution in [1.29, 1.82) is 0 Å². The Morgan fingerprint density at radius 3 is 2.36 bits per heavy atom. The van der Waals surface area contributed by atoms with Gasteiger partial charge in [-0.15, -0.1) is 22.6 Å². The first-order valence-corrected chi connectivity index (χ1v) is 18.4. The lowest BCUT2D eigenvalue weighted by Gasteiger charge is -2.22. The van der Waals surface area contributed by atoms with Gasteiger partial charge in [0.1, 0.15) is 18.2 Å². The Morgan fingerprint density at radius 2 is 1.70 bits per heavy atom. The lowest BCUT2D eigenvalue weighted by molar-refractivity contribution is 0.00473. The van der Waals surface area contributed by atoms with Gasteiger partial charge in [-0.2, -0.15) is 14.8 Å². The molecule has 2 aliphatic rings. The number of ether oxygens (including phenoxy) is 1. The fraction of sp³-hybridized carbons (Fsp3) is 0.368. The summed E-state index contributed by atoms with van der Waals surface area (Å²) in [5.74, 6) is 2.01. The number of amides is 2. The highest BCUT2D eigenvalue weighted by molar-refractivity contribution is 5.89. The third-order valence-electron chi connectivity index (χ3n) is 10.4. The highest BCUT2D eigenvalue weighted by atomic mass is 35.5. The summed E-state index contributed by atoms with van der Waals surface area (Å²) in [7, 11) is 1.53. The van der Waals surface area contributed by atoms with Gasteiger partial charge in [0.15, 0.2) is 22.8 Å². The van der Waals surface area contributed by atoms with Gasteiger partial charge in [0, 0.05) is 44.1 Å². The van der Waals surface area contributed by atoms with Crippen LogP contribution < -0.4 is 25.6 Å². The molecule has 5 heterocycles. The van der Waals surface area contributed by atoms with E-state index >= 15 is 0 Å². The molecule has 4 aromatic heterocycles. The lowest BCUT2D eigenvalue weighted by Crippen LogP contribution is -2.40. The fourth-order valence-corrected chi connectivity index (χ4v) is 7.43. The second-order valence-electron chi connectivity index (χ2n) is 13.8. The number of tetrazole rings is 1. The molecule has 0 radical (unpaired) electrons. The number of nitrogens with one attached hydrogen (secondary N) is 3. The molecule has 292 valence electrons. The Kier molecular flexibility index (Phi) is 11.5. The van der Waals surface area contributed by atoms with Crippen LogP contribution in [0.25, 0.3) is 11.2 Å². The van der Waals surface area contributed by atoms with Crippen LogP contribution in [0, 0.1) is 0 Å². The zero-order valence-corrected chi connectivity index (χ0v) is 31.7. The summed E-state index contributed by atoms with van der Waals surface area (Å²) < 4.78 is 6.92. The summed E-state index contributed by atoms with van der Waals surface area (Å²) in [6.45, 7) is 3.51. The van der Waals surface area contributed by atoms with E-state index < -0.39 is 24.3 Å². The largest absolute Gasteiger partial charge is 0.481 e. The first-order valence-electron chi connectivity index (χ1n) is 18.4. The number of aliphatic hydroxyl groups is 2. The number of halogens is 1. The van der Waals surface area contributed by atoms with Crippen LogP contribution in [0.1, 0.15) is 54.7 Å². The molecule has 17 nitrogen and oxygen atoms in total. The molecule has 6 aromatic rings. The second-order valence-corrected chi connectivity index (χ2v) is 13.8. The molecule has 1 aliphatic heterocycles. The molecule has 56 heavy (non-hydrogen) atoms. The number of aliphatic hydroxyl groups excluding tert-OH is 2. The molecule has 1 saturated heterocycles. The quantitative estimate of drug-likeness (QED) is 0.120. The van der Waals surface area contributed by atoms with Crippen LogP contribution in [0.3, 0.4) is 0 Å². The summed E-state index contributed by atoms with van der Waals surface area (Å²) in [5.41, 5.74) is 3.87. The van der Waals surface area contributed by atoms with E-state index in [2.05, 4.69) is 60.6 Å². The van der Waals surface area contributed by atoms with Crippen LogP contribution in [-0.2, 0) is 6.42 Å². The maximum Gasteiger partial charge on any atom is 0.319 e. The average molecular weight is 782 g/mol. The van der Waals surface area contributed by atoms with Crippen molar-refractivity contribution in [3.8, 4) is 5.88 Å². The number of imidazole rings is 1. The second kappa shape index (κ2) is 16.8. The van der Waals surface area contributed by atoms with Crippen molar-refractivity contribution in [3.05, 3.63) is 102 Å². The topological polar surface area (TPSA) is 206 Å². The minimum Gasteiger partial charge on any atom is -0.481 e. The van der Waals surface area contributed by atoms with Gasteiger partial charge in [-0.05, 0) is 35.2 Å². The van der Waals surface area contributed by atoms with Crippen molar-refractivity contribution < 1.29 is 19.7 Å². The molecule has 2 amide bonds. The predicted molar refractivity (Wildman–Crippen MR) is 211 cm³/mol. The van der Waals surface area contributed by atoms with Gasteiger partial charge in [0.05, 0.1) is 31.4 Å². The standard InChI is InChI=1S/C38H43N13O4.ClH/c1-3-30-46-48-51(47-30)29-18-28(33(52)34(29)53)50-22-41-32-35(40-20-27(23-10-6-4-7-11-23)24-12-8-5-9-13-24)44-37(45-36(32)50)49-17-16-26(21-49)43-38(54)42-25-14-15-31(55-2)39-19-25;/h4-15,19,22,26-29,33-34,52-53H,3,16-18,20-21H2,1-2H3,(H,40,44,45)(H2,42,43,54);1H/t26?,28-,29+,33+,34-;/m1./s1. The average Bonchev–Trinajstić information content (AvgIpc) is 4.03. The third-order valence-corrected chi connectivity index (χ3v) is 10.4. The van der Waals surface area contributed by atoms with Crippen LogP contribution in [0.5, 0.6) is 5.88 Å². The van der Waals surface area contributed by atoms with Crippen LogP contribution >= 0.6 is 12.4 Å². The highest BCUT2D eigenvalue weighted by Crippen LogP contribution is 2.40. The fourth-order valence-electron chi connectivity index (χ4n) is 7.43. The van der Waals surface area contributed by atoms with E-state index in [1.165, 1.54) is 18.1 Å². The van der Waals surface area contributed by atoms with Crippen molar-refractivity contribution in [2.75, 3.05) is 42.3 Å². The summed E-state index contributed by atoms with van der Waals surface area (Å²) in [5, 5.41) is 44.7. The number of pyridine rings is 1. The predicted octanol–water partition coefficient (Wildman–Crippen LogP) is 3.75. The van der Waals surface area contributed by atoms with E-state index in [4.69, 9.17) is 19.7 Å². The van der Waals surface area contributed by atoms with Gasteiger partial charge < -0.3 is 40.4 Å². The normalized spacial score (nSPS) is 20.6. The van der Waals surface area contributed by atoms with E-state index in [0.29, 0.717) is 79.2 Å².